The van der Waals surface area contributed by atoms with Gasteiger partial charge >= 0.3 is 6.85 Å². The van der Waals surface area contributed by atoms with Crippen LogP contribution >= 0.6 is 0 Å². The highest BCUT2D eigenvalue weighted by Crippen LogP contribution is 2.52. The molecule has 14 aromatic carbocycles. The lowest BCUT2D eigenvalue weighted by Crippen LogP contribution is -2.56. The van der Waals surface area contributed by atoms with Crippen LogP contribution in [-0.2, 0) is 0 Å². The molecule has 0 fully saturated rings. The lowest BCUT2D eigenvalue weighted by Gasteiger charge is -2.41. The Balaban J connectivity index is 1.08. The Morgan fingerprint density at radius 2 is 0.795 bits per heavy atom. The number of nitrogens with zero attached hydrogens (tertiary/aromatic N) is 2. The SMILES string of the molecule is c1ccc(-c2cc(-c3ccccc3)cc(N3c4cc5cc6c7ccccc7c7ccccc7c6cc5cc4B4c5c3cc3ccccc3c5-c3cc5ccccc5c5c6c7ccccc7ccc6n4c35)c2)cc1. The zero-order chi connectivity index (χ0) is 47.5. The molecule has 2 aliphatic rings. The summed E-state index contributed by atoms with van der Waals surface area (Å²) in [5.74, 6) is 0. The molecule has 15 aromatic rings. The lowest BCUT2D eigenvalue weighted by molar-refractivity contribution is 1.26. The molecule has 73 heavy (non-hydrogen) atoms. The monoisotopic (exact) mass is 920 g/mol. The molecule has 0 bridgehead atoms. The van der Waals surface area contributed by atoms with Gasteiger partial charge in [-0.1, -0.05) is 194 Å². The summed E-state index contributed by atoms with van der Waals surface area (Å²) in [7, 11) is 0. The summed E-state index contributed by atoms with van der Waals surface area (Å²) in [6.45, 7) is -0.143. The first-order chi connectivity index (χ1) is 36.2. The third kappa shape index (κ3) is 5.38. The minimum Gasteiger partial charge on any atom is -0.375 e. The van der Waals surface area contributed by atoms with Gasteiger partial charge in [0.1, 0.15) is 0 Å². The molecular weight excluding hydrogens is 880 g/mol. The normalized spacial score (nSPS) is 12.9. The highest BCUT2D eigenvalue weighted by molar-refractivity contribution is 6.90. The Morgan fingerprint density at radius 3 is 1.42 bits per heavy atom. The molecule has 0 N–H and O–H groups in total. The largest absolute Gasteiger partial charge is 0.375 e. The average molecular weight is 921 g/mol. The van der Waals surface area contributed by atoms with Crippen molar-refractivity contribution >= 4 is 132 Å². The van der Waals surface area contributed by atoms with Crippen LogP contribution in [-0.4, -0.2) is 11.3 Å². The molecule has 0 saturated carbocycles. The van der Waals surface area contributed by atoms with Gasteiger partial charge in [0.2, 0.25) is 0 Å². The average Bonchev–Trinajstić information content (AvgIpc) is 3.84. The van der Waals surface area contributed by atoms with Crippen molar-refractivity contribution in [3.63, 3.8) is 0 Å². The van der Waals surface area contributed by atoms with Crippen molar-refractivity contribution in [1.29, 1.82) is 0 Å². The highest BCUT2D eigenvalue weighted by atomic mass is 15.2. The summed E-state index contributed by atoms with van der Waals surface area (Å²) in [5.41, 5.74) is 16.1. The molecule has 334 valence electrons. The molecule has 0 spiro atoms. The molecule has 0 saturated heterocycles. The molecule has 0 radical (unpaired) electrons. The first kappa shape index (κ1) is 39.3. The first-order valence-electron chi connectivity index (χ1n) is 25.5. The van der Waals surface area contributed by atoms with Gasteiger partial charge in [-0.25, -0.2) is 0 Å². The minimum atomic E-state index is -0.143. The number of anilines is 3. The summed E-state index contributed by atoms with van der Waals surface area (Å²) in [5, 5.41) is 20.4. The summed E-state index contributed by atoms with van der Waals surface area (Å²) in [6.07, 6.45) is 0. The van der Waals surface area contributed by atoms with Crippen LogP contribution in [0.25, 0.3) is 131 Å². The van der Waals surface area contributed by atoms with Gasteiger partial charge < -0.3 is 9.38 Å². The van der Waals surface area contributed by atoms with E-state index in [2.05, 4.69) is 258 Å². The molecule has 1 aromatic heterocycles. The van der Waals surface area contributed by atoms with E-state index in [0.717, 1.165) is 5.69 Å². The second-order valence-electron chi connectivity index (χ2n) is 20.3. The van der Waals surface area contributed by atoms with Crippen molar-refractivity contribution < 1.29 is 0 Å². The smallest absolute Gasteiger partial charge is 0.333 e. The maximum atomic E-state index is 2.75. The van der Waals surface area contributed by atoms with Gasteiger partial charge in [-0.3, -0.25) is 0 Å². The van der Waals surface area contributed by atoms with Crippen molar-refractivity contribution in [2.75, 3.05) is 4.90 Å². The number of fused-ring (bicyclic) bond motifs is 20. The fourth-order valence-electron chi connectivity index (χ4n) is 13.5. The number of rotatable bonds is 3. The zero-order valence-electron chi connectivity index (χ0n) is 39.6. The number of aromatic nitrogens is 1. The topological polar surface area (TPSA) is 8.17 Å². The van der Waals surface area contributed by atoms with Crippen LogP contribution in [0.5, 0.6) is 0 Å². The van der Waals surface area contributed by atoms with Gasteiger partial charge in [-0.2, -0.15) is 0 Å². The fraction of sp³-hybridized carbons (Fsp3) is 0. The molecule has 2 aliphatic heterocycles. The maximum Gasteiger partial charge on any atom is 0.333 e. The predicted molar refractivity (Wildman–Crippen MR) is 313 cm³/mol. The van der Waals surface area contributed by atoms with E-state index in [1.54, 1.807) is 0 Å². The predicted octanol–water partition coefficient (Wildman–Crippen LogP) is 17.6. The van der Waals surface area contributed by atoms with E-state index in [1.165, 1.54) is 153 Å². The Hall–Kier alpha value is -9.44. The van der Waals surface area contributed by atoms with Crippen LogP contribution in [0.1, 0.15) is 0 Å². The van der Waals surface area contributed by atoms with Crippen LogP contribution in [0, 0.1) is 0 Å². The number of benzene rings is 14. The lowest BCUT2D eigenvalue weighted by atomic mass is 9.44. The summed E-state index contributed by atoms with van der Waals surface area (Å²) >= 11 is 0. The molecule has 2 nitrogen and oxygen atoms in total. The third-order valence-electron chi connectivity index (χ3n) is 16.6. The van der Waals surface area contributed by atoms with Crippen molar-refractivity contribution in [3.05, 3.63) is 249 Å². The van der Waals surface area contributed by atoms with E-state index >= 15 is 0 Å². The van der Waals surface area contributed by atoms with Gasteiger partial charge in [-0.15, -0.1) is 0 Å². The molecule has 3 heteroatoms. The molecule has 17 rings (SSSR count). The minimum absolute atomic E-state index is 0.143. The van der Waals surface area contributed by atoms with Crippen LogP contribution < -0.4 is 15.8 Å². The summed E-state index contributed by atoms with van der Waals surface area (Å²) < 4.78 is 2.75. The van der Waals surface area contributed by atoms with E-state index in [-0.39, 0.29) is 6.85 Å². The van der Waals surface area contributed by atoms with Gasteiger partial charge in [0.15, 0.2) is 0 Å². The van der Waals surface area contributed by atoms with Gasteiger partial charge in [0.25, 0.3) is 0 Å². The first-order valence-corrected chi connectivity index (χ1v) is 25.5. The Bertz CT molecular complexity index is 4860. The van der Waals surface area contributed by atoms with Gasteiger partial charge in [-0.05, 0) is 169 Å². The van der Waals surface area contributed by atoms with E-state index in [9.17, 15) is 0 Å². The van der Waals surface area contributed by atoms with E-state index < -0.39 is 0 Å². The van der Waals surface area contributed by atoms with Crippen LogP contribution in [0.4, 0.5) is 17.1 Å². The number of hydrogen-bond acceptors (Lipinski definition) is 1. The molecular formula is C70H41BN2. The second-order valence-corrected chi connectivity index (χ2v) is 20.3. The second kappa shape index (κ2) is 14.6. The third-order valence-corrected chi connectivity index (χ3v) is 16.6. The van der Waals surface area contributed by atoms with Crippen molar-refractivity contribution in [1.82, 2.24) is 4.48 Å². The standard InChI is InChI=1S/C70H41BN2/c1-3-17-42(18-4-1)47-33-48(43-19-5-2-6-20-43)35-51(34-47)72-64-41-50-38-60-58-30-16-14-28-56(58)55-27-13-15-29-57(55)59(60)37-49(50)39-62(64)71-69-65(72)40-46-23-9-11-25-53(46)66(69)61-36-45-22-8-12-26-54(45)68-67-52-24-10-7-21-44(52)31-32-63(67)73(71)70(61)68/h1-41H. The Morgan fingerprint density at radius 1 is 0.301 bits per heavy atom. The summed E-state index contributed by atoms with van der Waals surface area (Å²) in [4.78, 5) is 2.63. The van der Waals surface area contributed by atoms with E-state index in [0.29, 0.717) is 0 Å². The molecule has 0 atom stereocenters. The Labute approximate surface area is 421 Å². The molecule has 0 amide bonds. The summed E-state index contributed by atoms with van der Waals surface area (Å²) in [6, 6.07) is 93.9. The van der Waals surface area contributed by atoms with Crippen molar-refractivity contribution in [2.24, 2.45) is 0 Å². The van der Waals surface area contributed by atoms with Crippen molar-refractivity contribution in [2.45, 2.75) is 0 Å². The van der Waals surface area contributed by atoms with Gasteiger partial charge in [0, 0.05) is 44.4 Å². The van der Waals surface area contributed by atoms with Crippen molar-refractivity contribution in [3.8, 4) is 33.4 Å². The van der Waals surface area contributed by atoms with E-state index in [1.807, 2.05) is 0 Å². The van der Waals surface area contributed by atoms with Crippen LogP contribution in [0.2, 0.25) is 0 Å². The quantitative estimate of drug-likeness (QED) is 0.0974. The zero-order valence-corrected chi connectivity index (χ0v) is 39.6. The molecule has 0 unspecified atom stereocenters. The molecule has 0 aliphatic carbocycles. The number of hydrogen-bond donors (Lipinski definition) is 0. The van der Waals surface area contributed by atoms with Crippen LogP contribution in [0.3, 0.4) is 0 Å². The maximum absolute atomic E-state index is 2.75. The van der Waals surface area contributed by atoms with Gasteiger partial charge in [0.05, 0.1) is 0 Å². The Kier molecular flexibility index (Phi) is 7.85. The highest BCUT2D eigenvalue weighted by Gasteiger charge is 2.44. The van der Waals surface area contributed by atoms with Crippen LogP contribution in [0.15, 0.2) is 249 Å². The van der Waals surface area contributed by atoms with E-state index in [4.69, 9.17) is 0 Å². The molecule has 3 heterocycles. The fourth-order valence-corrected chi connectivity index (χ4v) is 13.5.